The molecule has 0 aromatic heterocycles. The van der Waals surface area contributed by atoms with Crippen LogP contribution >= 0.6 is 0 Å². The van der Waals surface area contributed by atoms with Gasteiger partial charge in [0.15, 0.2) is 12.6 Å². The lowest BCUT2D eigenvalue weighted by Crippen LogP contribution is -2.65. The molecule has 2 saturated heterocycles. The molecule has 12 unspecified atom stereocenters. The van der Waals surface area contributed by atoms with Gasteiger partial charge in [-0.3, -0.25) is 4.79 Å². The number of allylic oxidation sites excluding steroid dienone is 5. The van der Waals surface area contributed by atoms with E-state index in [0.717, 1.165) is 44.9 Å². The van der Waals surface area contributed by atoms with Crippen LogP contribution in [0.1, 0.15) is 219 Å². The van der Waals surface area contributed by atoms with Gasteiger partial charge in [-0.15, -0.1) is 0 Å². The molecule has 0 radical (unpaired) electrons. The lowest BCUT2D eigenvalue weighted by atomic mass is 9.97. The van der Waals surface area contributed by atoms with Crippen LogP contribution in [-0.2, 0) is 23.7 Å². The monoisotopic (exact) mass is 998 g/mol. The summed E-state index contributed by atoms with van der Waals surface area (Å²) >= 11 is 0. The number of carbonyl (C=O) groups excluding carboxylic acids is 1. The van der Waals surface area contributed by atoms with E-state index in [4.69, 9.17) is 18.9 Å². The zero-order chi connectivity index (χ0) is 51.0. The summed E-state index contributed by atoms with van der Waals surface area (Å²) in [6.07, 6.45) is 33.3. The van der Waals surface area contributed by atoms with E-state index < -0.39 is 86.8 Å². The Kier molecular flexibility index (Phi) is 39.1. The van der Waals surface area contributed by atoms with Gasteiger partial charge < -0.3 is 65.1 Å². The molecule has 0 spiro atoms. The molecule has 0 saturated carbocycles. The second-order valence-corrected chi connectivity index (χ2v) is 20.1. The number of hydrogen-bond acceptors (Lipinski definition) is 13. The summed E-state index contributed by atoms with van der Waals surface area (Å²) in [5, 5.41) is 86.9. The topological polar surface area (TPSA) is 228 Å². The summed E-state index contributed by atoms with van der Waals surface area (Å²) in [5.41, 5.74) is 0. The Morgan fingerprint density at radius 2 is 0.914 bits per heavy atom. The number of rotatable bonds is 44. The average Bonchev–Trinajstić information content (AvgIpc) is 3.36. The SMILES string of the molecule is CCCCCCCCCCCCCCC/C=C/CC/C=C/CC/C=C/C(O)C(COC1OC(CO)C(OC2OC(CO)C(O)C(O)C2O)C(O)C1O)NC(=O)CCCCCCCCCCCCCCC. The largest absolute Gasteiger partial charge is 0.394 e. The van der Waals surface area contributed by atoms with Gasteiger partial charge in [0.05, 0.1) is 32.0 Å². The first-order valence-electron chi connectivity index (χ1n) is 28.2. The van der Waals surface area contributed by atoms with Gasteiger partial charge in [0.25, 0.3) is 0 Å². The van der Waals surface area contributed by atoms with E-state index in [-0.39, 0.29) is 18.9 Å². The number of aliphatic hydroxyl groups excluding tert-OH is 8. The minimum absolute atomic E-state index is 0.253. The highest BCUT2D eigenvalue weighted by atomic mass is 16.7. The van der Waals surface area contributed by atoms with Crippen LogP contribution in [-0.4, -0.2) is 140 Å². The molecule has 12 atom stereocenters. The molecule has 70 heavy (non-hydrogen) atoms. The summed E-state index contributed by atoms with van der Waals surface area (Å²) in [5.74, 6) is -0.253. The number of aliphatic hydroxyl groups is 8. The molecule has 14 nitrogen and oxygen atoms in total. The molecule has 2 aliphatic rings. The molecule has 9 N–H and O–H groups in total. The maximum atomic E-state index is 13.2. The lowest BCUT2D eigenvalue weighted by Gasteiger charge is -2.46. The van der Waals surface area contributed by atoms with Gasteiger partial charge in [0, 0.05) is 6.42 Å². The van der Waals surface area contributed by atoms with E-state index in [2.05, 4.69) is 43.5 Å². The molecular formula is C56H103NO13. The smallest absolute Gasteiger partial charge is 0.220 e. The Balaban J connectivity index is 1.81. The van der Waals surface area contributed by atoms with Crippen LogP contribution in [0, 0.1) is 0 Å². The standard InChI is InChI=1S/C56H103NO13/c1-3-5-7-9-11-13-15-17-18-19-20-21-22-23-24-25-26-28-29-31-33-35-37-39-45(60)44(57-48(61)40-38-36-34-32-30-27-16-14-12-10-8-6-4-2)43-67-55-53(66)51(64)54(47(42-59)69-55)70-56-52(65)50(63)49(62)46(41-58)68-56/h24-25,29,31,37,39,44-47,49-56,58-60,62-66H,3-23,26-28,30,32-36,38,40-43H2,1-2H3,(H,57,61)/b25-24+,31-29+,39-37+. The van der Waals surface area contributed by atoms with Crippen molar-refractivity contribution < 1.29 is 64.6 Å². The fraction of sp³-hybridized carbons (Fsp3) is 0.875. The maximum absolute atomic E-state index is 13.2. The van der Waals surface area contributed by atoms with Gasteiger partial charge in [-0.25, -0.2) is 0 Å². The van der Waals surface area contributed by atoms with Crippen LogP contribution in [0.5, 0.6) is 0 Å². The quantitative estimate of drug-likeness (QED) is 0.0206. The molecular weight excluding hydrogens is 895 g/mol. The summed E-state index contributed by atoms with van der Waals surface area (Å²) in [6.45, 7) is 2.77. The summed E-state index contributed by atoms with van der Waals surface area (Å²) < 4.78 is 22.7. The van der Waals surface area contributed by atoms with Crippen LogP contribution < -0.4 is 5.32 Å². The number of amides is 1. The fourth-order valence-electron chi connectivity index (χ4n) is 9.21. The van der Waals surface area contributed by atoms with E-state index in [0.29, 0.717) is 12.8 Å². The van der Waals surface area contributed by atoms with Gasteiger partial charge in [-0.05, 0) is 44.9 Å². The molecule has 2 fully saturated rings. The molecule has 0 aromatic carbocycles. The van der Waals surface area contributed by atoms with Crippen LogP contribution in [0.4, 0.5) is 0 Å². The van der Waals surface area contributed by atoms with Crippen molar-refractivity contribution in [2.75, 3.05) is 19.8 Å². The number of carbonyl (C=O) groups is 1. The van der Waals surface area contributed by atoms with E-state index in [1.54, 1.807) is 6.08 Å². The predicted molar refractivity (Wildman–Crippen MR) is 277 cm³/mol. The molecule has 1 amide bonds. The van der Waals surface area contributed by atoms with E-state index >= 15 is 0 Å². The van der Waals surface area contributed by atoms with Gasteiger partial charge in [-0.1, -0.05) is 204 Å². The first-order chi connectivity index (χ1) is 34.1. The number of ether oxygens (including phenoxy) is 4. The van der Waals surface area contributed by atoms with Gasteiger partial charge in [0.1, 0.15) is 48.8 Å². The van der Waals surface area contributed by atoms with Gasteiger partial charge in [0.2, 0.25) is 5.91 Å². The Labute approximate surface area is 423 Å². The van der Waals surface area contributed by atoms with Crippen molar-refractivity contribution in [2.24, 2.45) is 0 Å². The zero-order valence-corrected chi connectivity index (χ0v) is 43.8. The van der Waals surface area contributed by atoms with Crippen molar-refractivity contribution in [3.05, 3.63) is 36.5 Å². The van der Waals surface area contributed by atoms with E-state index in [1.807, 2.05) is 6.08 Å². The number of hydrogen-bond donors (Lipinski definition) is 9. The Morgan fingerprint density at radius 3 is 1.40 bits per heavy atom. The van der Waals surface area contributed by atoms with Crippen molar-refractivity contribution >= 4 is 5.91 Å². The molecule has 2 aliphatic heterocycles. The van der Waals surface area contributed by atoms with Crippen molar-refractivity contribution in [1.82, 2.24) is 5.32 Å². The molecule has 2 rings (SSSR count). The molecule has 14 heteroatoms. The van der Waals surface area contributed by atoms with Crippen LogP contribution in [0.25, 0.3) is 0 Å². The van der Waals surface area contributed by atoms with Crippen LogP contribution in [0.3, 0.4) is 0 Å². The predicted octanol–water partition coefficient (Wildman–Crippen LogP) is 8.66. The van der Waals surface area contributed by atoms with E-state index in [1.165, 1.54) is 141 Å². The first kappa shape index (κ1) is 64.3. The minimum atomic E-state index is -1.79. The zero-order valence-electron chi connectivity index (χ0n) is 43.8. The van der Waals surface area contributed by atoms with E-state index in [9.17, 15) is 45.6 Å². The van der Waals surface area contributed by atoms with Crippen molar-refractivity contribution in [2.45, 2.75) is 293 Å². The first-order valence-corrected chi connectivity index (χ1v) is 28.2. The van der Waals surface area contributed by atoms with Crippen LogP contribution in [0.2, 0.25) is 0 Å². The van der Waals surface area contributed by atoms with Crippen molar-refractivity contribution in [3.8, 4) is 0 Å². The summed E-state index contributed by atoms with van der Waals surface area (Å²) in [6, 6.07) is -0.934. The minimum Gasteiger partial charge on any atom is -0.394 e. The molecule has 0 aromatic rings. The Morgan fingerprint density at radius 1 is 0.500 bits per heavy atom. The second-order valence-electron chi connectivity index (χ2n) is 20.1. The third-order valence-corrected chi connectivity index (χ3v) is 13.8. The maximum Gasteiger partial charge on any atom is 0.220 e. The molecule has 0 aliphatic carbocycles. The molecule has 410 valence electrons. The van der Waals surface area contributed by atoms with Gasteiger partial charge >= 0.3 is 0 Å². The average molecular weight is 998 g/mol. The van der Waals surface area contributed by atoms with Crippen LogP contribution in [0.15, 0.2) is 36.5 Å². The summed E-state index contributed by atoms with van der Waals surface area (Å²) in [4.78, 5) is 13.2. The normalized spacial score (nSPS) is 26.2. The molecule has 0 bridgehead atoms. The fourth-order valence-corrected chi connectivity index (χ4v) is 9.21. The highest BCUT2D eigenvalue weighted by Crippen LogP contribution is 2.30. The molecule has 2 heterocycles. The highest BCUT2D eigenvalue weighted by molar-refractivity contribution is 5.76. The Hall–Kier alpha value is -1.79. The van der Waals surface area contributed by atoms with Crippen molar-refractivity contribution in [3.63, 3.8) is 0 Å². The highest BCUT2D eigenvalue weighted by Gasteiger charge is 2.51. The summed E-state index contributed by atoms with van der Waals surface area (Å²) in [7, 11) is 0. The third-order valence-electron chi connectivity index (χ3n) is 13.8. The Bertz CT molecular complexity index is 1320. The van der Waals surface area contributed by atoms with Crippen molar-refractivity contribution in [1.29, 1.82) is 0 Å². The second kappa shape index (κ2) is 42.6. The van der Waals surface area contributed by atoms with Gasteiger partial charge in [-0.2, -0.15) is 0 Å². The lowest BCUT2D eigenvalue weighted by molar-refractivity contribution is -0.359. The third kappa shape index (κ3) is 28.6. The number of unbranched alkanes of at least 4 members (excludes halogenated alkanes) is 27. The number of nitrogens with one attached hydrogen (secondary N) is 1.